The number of halogens is 2. The van der Waals surface area contributed by atoms with E-state index in [1.54, 1.807) is 6.92 Å². The molecule has 0 radical (unpaired) electrons. The molecule has 78 valence electrons. The van der Waals surface area contributed by atoms with Crippen LogP contribution in [0.2, 0.25) is 0 Å². The van der Waals surface area contributed by atoms with Crippen molar-refractivity contribution in [3.8, 4) is 6.07 Å². The van der Waals surface area contributed by atoms with E-state index in [1.165, 1.54) is 0 Å². The van der Waals surface area contributed by atoms with Crippen molar-refractivity contribution in [3.63, 3.8) is 0 Å². The number of hydrogen-bond donors (Lipinski definition) is 0. The third-order valence-corrected chi connectivity index (χ3v) is 3.29. The highest BCUT2D eigenvalue weighted by molar-refractivity contribution is 14.1. The number of rotatable bonds is 3. The number of alkyl halides is 1. The fraction of sp³-hybridized carbons (Fsp3) is 0.273. The molecule has 1 rings (SSSR count). The molecule has 1 atom stereocenters. The molecule has 0 aliphatic heterocycles. The molecule has 0 N–H and O–H groups in total. The maximum Gasteiger partial charge on any atom is 0.177 e. The molecule has 1 aromatic carbocycles. The van der Waals surface area contributed by atoms with Gasteiger partial charge < -0.3 is 0 Å². The lowest BCUT2D eigenvalue weighted by Crippen LogP contribution is -2.14. The molecule has 4 heteroatoms. The van der Waals surface area contributed by atoms with E-state index in [4.69, 9.17) is 5.26 Å². The Morgan fingerprint density at radius 3 is 2.87 bits per heavy atom. The van der Waals surface area contributed by atoms with Crippen LogP contribution in [0.5, 0.6) is 0 Å². The fourth-order valence-corrected chi connectivity index (χ4v) is 2.32. The van der Waals surface area contributed by atoms with Crippen LogP contribution in [-0.4, -0.2) is 10.6 Å². The summed E-state index contributed by atoms with van der Waals surface area (Å²) in [6.07, 6.45) is 0.275. The third kappa shape index (κ3) is 3.02. The largest absolute Gasteiger partial charge is 0.293 e. The average Bonchev–Trinajstić information content (AvgIpc) is 2.17. The average molecular weight is 378 g/mol. The number of hydrogen-bond acceptors (Lipinski definition) is 2. The van der Waals surface area contributed by atoms with Gasteiger partial charge in [0.1, 0.15) is 0 Å². The zero-order valence-corrected chi connectivity index (χ0v) is 11.9. The first-order valence-corrected chi connectivity index (χ1v) is 6.40. The number of Topliss-reactive ketones (excluding diaryl/α,β-unsaturated/α-hetero) is 1. The Bertz CT molecular complexity index is 423. The summed E-state index contributed by atoms with van der Waals surface area (Å²) in [6.45, 7) is 1.79. The van der Waals surface area contributed by atoms with Crippen molar-refractivity contribution < 1.29 is 4.79 Å². The topological polar surface area (TPSA) is 40.9 Å². The maximum absolute atomic E-state index is 11.9. The number of carbonyl (C=O) groups excluding carboxylic acids is 1. The van der Waals surface area contributed by atoms with Gasteiger partial charge in [-0.2, -0.15) is 5.26 Å². The minimum atomic E-state index is -0.217. The molecule has 0 amide bonds. The fourth-order valence-electron chi connectivity index (χ4n) is 1.28. The van der Waals surface area contributed by atoms with Gasteiger partial charge >= 0.3 is 0 Å². The van der Waals surface area contributed by atoms with Crippen LogP contribution in [0.3, 0.4) is 0 Å². The van der Waals surface area contributed by atoms with E-state index in [9.17, 15) is 4.79 Å². The van der Waals surface area contributed by atoms with Gasteiger partial charge in [-0.15, -0.1) is 0 Å². The molecule has 0 fully saturated rings. The molecule has 0 saturated heterocycles. The van der Waals surface area contributed by atoms with Gasteiger partial charge in [-0.05, 0) is 41.1 Å². The number of nitrogens with zero attached hydrogens (tertiary/aromatic N) is 1. The number of ketones is 1. The van der Waals surface area contributed by atoms with Crippen molar-refractivity contribution in [3.05, 3.63) is 32.9 Å². The van der Waals surface area contributed by atoms with Crippen LogP contribution in [-0.2, 0) is 6.42 Å². The summed E-state index contributed by atoms with van der Waals surface area (Å²) in [5.74, 6) is 0.0326. The lowest BCUT2D eigenvalue weighted by atomic mass is 10.0. The Labute approximate surface area is 111 Å². The molecule has 0 aliphatic rings. The van der Waals surface area contributed by atoms with Crippen molar-refractivity contribution in [2.75, 3.05) is 0 Å². The minimum absolute atomic E-state index is 0.0326. The first-order chi connectivity index (χ1) is 7.07. The maximum atomic E-state index is 11.9. The molecule has 0 aromatic heterocycles. The van der Waals surface area contributed by atoms with Gasteiger partial charge in [-0.3, -0.25) is 4.79 Å². The number of carbonyl (C=O) groups is 1. The van der Waals surface area contributed by atoms with Crippen molar-refractivity contribution in [2.24, 2.45) is 0 Å². The third-order valence-electron chi connectivity index (χ3n) is 1.98. The van der Waals surface area contributed by atoms with Crippen molar-refractivity contribution in [1.29, 1.82) is 5.26 Å². The van der Waals surface area contributed by atoms with E-state index in [1.807, 2.05) is 18.2 Å². The molecule has 0 saturated carbocycles. The summed E-state index contributed by atoms with van der Waals surface area (Å²) < 4.78 is 0.900. The number of nitriles is 1. The molecule has 15 heavy (non-hydrogen) atoms. The normalized spacial score (nSPS) is 11.9. The first kappa shape index (κ1) is 12.7. The summed E-state index contributed by atoms with van der Waals surface area (Å²) in [7, 11) is 0. The molecule has 0 heterocycles. The second-order valence-electron chi connectivity index (χ2n) is 3.09. The lowest BCUT2D eigenvalue weighted by Gasteiger charge is -2.09. The summed E-state index contributed by atoms with van der Waals surface area (Å²) in [4.78, 5) is 11.7. The van der Waals surface area contributed by atoms with Crippen LogP contribution in [0.1, 0.15) is 22.8 Å². The van der Waals surface area contributed by atoms with Gasteiger partial charge in [0.15, 0.2) is 5.78 Å². The molecule has 0 bridgehead atoms. The minimum Gasteiger partial charge on any atom is -0.293 e. The highest BCUT2D eigenvalue weighted by Gasteiger charge is 2.18. The zero-order valence-electron chi connectivity index (χ0n) is 8.13. The van der Waals surface area contributed by atoms with Gasteiger partial charge in [-0.25, -0.2) is 0 Å². The highest BCUT2D eigenvalue weighted by atomic mass is 127. The standard InChI is InChI=1S/C11H9BrINO/c1-7(12)11(15)10-8(5-6-14)3-2-4-9(10)13/h2-4,7H,5H2,1H3. The number of benzene rings is 1. The van der Waals surface area contributed by atoms with E-state index in [2.05, 4.69) is 44.6 Å². The van der Waals surface area contributed by atoms with Crippen molar-refractivity contribution in [2.45, 2.75) is 18.2 Å². The van der Waals surface area contributed by atoms with E-state index < -0.39 is 0 Å². The second-order valence-corrected chi connectivity index (χ2v) is 5.62. The summed E-state index contributed by atoms with van der Waals surface area (Å²) in [5, 5.41) is 8.68. The van der Waals surface area contributed by atoms with Crippen LogP contribution >= 0.6 is 38.5 Å². The van der Waals surface area contributed by atoms with E-state index in [-0.39, 0.29) is 17.0 Å². The Morgan fingerprint density at radius 2 is 2.33 bits per heavy atom. The smallest absolute Gasteiger partial charge is 0.177 e. The molecule has 1 unspecified atom stereocenters. The summed E-state index contributed by atoms with van der Waals surface area (Å²) in [6, 6.07) is 7.65. The second kappa shape index (κ2) is 5.61. The van der Waals surface area contributed by atoms with Gasteiger partial charge in [0.25, 0.3) is 0 Å². The Hall–Kier alpha value is -0.410. The molecule has 0 aliphatic carbocycles. The van der Waals surface area contributed by atoms with Gasteiger partial charge in [-0.1, -0.05) is 28.1 Å². The van der Waals surface area contributed by atoms with Crippen LogP contribution in [0, 0.1) is 14.9 Å². The van der Waals surface area contributed by atoms with E-state index in [0.29, 0.717) is 5.56 Å². The Balaban J connectivity index is 3.25. The highest BCUT2D eigenvalue weighted by Crippen LogP contribution is 2.21. The molecule has 0 spiro atoms. The van der Waals surface area contributed by atoms with Crippen LogP contribution < -0.4 is 0 Å². The van der Waals surface area contributed by atoms with Crippen molar-refractivity contribution >= 4 is 44.3 Å². The van der Waals surface area contributed by atoms with Crippen LogP contribution in [0.4, 0.5) is 0 Å². The molecule has 2 nitrogen and oxygen atoms in total. The van der Waals surface area contributed by atoms with Crippen LogP contribution in [0.15, 0.2) is 18.2 Å². The van der Waals surface area contributed by atoms with E-state index in [0.717, 1.165) is 9.13 Å². The van der Waals surface area contributed by atoms with E-state index >= 15 is 0 Å². The summed E-state index contributed by atoms with van der Waals surface area (Å²) >= 11 is 5.38. The molecule has 1 aromatic rings. The van der Waals surface area contributed by atoms with Crippen LogP contribution in [0.25, 0.3) is 0 Å². The predicted molar refractivity (Wildman–Crippen MR) is 71.2 cm³/mol. The Kier molecular flexibility index (Phi) is 4.74. The SMILES string of the molecule is CC(Br)C(=O)c1c(I)cccc1CC#N. The van der Waals surface area contributed by atoms with Gasteiger partial charge in [0, 0.05) is 9.13 Å². The predicted octanol–water partition coefficient (Wildman–Crippen LogP) is 3.32. The first-order valence-electron chi connectivity index (χ1n) is 4.40. The molecular weight excluding hydrogens is 369 g/mol. The summed E-state index contributed by atoms with van der Waals surface area (Å²) in [5.41, 5.74) is 1.48. The monoisotopic (exact) mass is 377 g/mol. The molecular formula is C11H9BrINO. The Morgan fingerprint density at radius 1 is 1.67 bits per heavy atom. The zero-order chi connectivity index (χ0) is 11.4. The van der Waals surface area contributed by atoms with Crippen molar-refractivity contribution in [1.82, 2.24) is 0 Å². The quantitative estimate of drug-likeness (QED) is 0.460. The van der Waals surface area contributed by atoms with Gasteiger partial charge in [0.05, 0.1) is 17.3 Å². The van der Waals surface area contributed by atoms with Gasteiger partial charge in [0.2, 0.25) is 0 Å². The lowest BCUT2D eigenvalue weighted by molar-refractivity contribution is 0.0994.